The number of carbonyl (C=O) groups is 2. The van der Waals surface area contributed by atoms with Crippen molar-refractivity contribution in [1.82, 2.24) is 0 Å². The molecule has 6 nitrogen and oxygen atoms in total. The van der Waals surface area contributed by atoms with Gasteiger partial charge in [-0.2, -0.15) is 0 Å². The fourth-order valence-electron chi connectivity index (χ4n) is 1.78. The van der Waals surface area contributed by atoms with Gasteiger partial charge in [0.1, 0.15) is 5.75 Å². The lowest BCUT2D eigenvalue weighted by atomic mass is 10.2. The van der Waals surface area contributed by atoms with Crippen LogP contribution in [0.15, 0.2) is 45.3 Å². The molecule has 0 saturated carbocycles. The molecule has 0 atom stereocenters. The number of hydrogen-bond donors (Lipinski definition) is 3. The quantitative estimate of drug-likeness (QED) is 0.572. The first-order valence-corrected chi connectivity index (χ1v) is 8.61. The highest BCUT2D eigenvalue weighted by molar-refractivity contribution is 9.10. The minimum absolute atomic E-state index is 0.781. The Morgan fingerprint density at radius 2 is 1.68 bits per heavy atom. The van der Waals surface area contributed by atoms with Crippen molar-refractivity contribution in [3.8, 4) is 5.75 Å². The van der Waals surface area contributed by atoms with E-state index in [2.05, 4.69) is 74.4 Å². The highest BCUT2D eigenvalue weighted by Crippen LogP contribution is 2.26. The minimum atomic E-state index is -1.82. The first kappa shape index (κ1) is 21.0. The van der Waals surface area contributed by atoms with Crippen molar-refractivity contribution in [1.29, 1.82) is 0 Å². The van der Waals surface area contributed by atoms with Gasteiger partial charge in [-0.25, -0.2) is 9.59 Å². The second-order valence-corrected chi connectivity index (χ2v) is 6.61. The van der Waals surface area contributed by atoms with E-state index in [0.29, 0.717) is 0 Å². The normalized spacial score (nSPS) is 9.60. The van der Waals surface area contributed by atoms with Crippen LogP contribution in [0.2, 0.25) is 0 Å². The molecule has 0 aliphatic heterocycles. The van der Waals surface area contributed by atoms with Crippen molar-refractivity contribution >= 4 is 49.5 Å². The van der Waals surface area contributed by atoms with Crippen molar-refractivity contribution in [2.75, 3.05) is 12.4 Å². The number of aryl methyl sites for hydroxylation is 1. The Labute approximate surface area is 162 Å². The predicted molar refractivity (Wildman–Crippen MR) is 102 cm³/mol. The largest absolute Gasteiger partial charge is 0.496 e. The maximum atomic E-state index is 9.10. The van der Waals surface area contributed by atoms with Crippen molar-refractivity contribution < 1.29 is 24.5 Å². The average Bonchev–Trinajstić information content (AvgIpc) is 2.56. The molecule has 0 amide bonds. The average molecular weight is 475 g/mol. The highest BCUT2D eigenvalue weighted by atomic mass is 79.9. The zero-order valence-electron chi connectivity index (χ0n) is 13.5. The zero-order valence-corrected chi connectivity index (χ0v) is 16.7. The van der Waals surface area contributed by atoms with Gasteiger partial charge in [-0.3, -0.25) is 0 Å². The van der Waals surface area contributed by atoms with Gasteiger partial charge in [-0.15, -0.1) is 0 Å². The monoisotopic (exact) mass is 473 g/mol. The number of anilines is 1. The molecule has 0 spiro atoms. The molecule has 0 bridgehead atoms. The second-order valence-electron chi connectivity index (χ2n) is 4.90. The van der Waals surface area contributed by atoms with Crippen LogP contribution >= 0.6 is 31.9 Å². The number of aliphatic carboxylic acids is 2. The predicted octanol–water partition coefficient (Wildman–Crippen LogP) is 4.30. The third-order valence-corrected chi connectivity index (χ3v) is 4.56. The molecule has 0 aliphatic rings. The first-order chi connectivity index (χ1) is 11.7. The van der Waals surface area contributed by atoms with E-state index >= 15 is 0 Å². The van der Waals surface area contributed by atoms with Crippen LogP contribution in [-0.2, 0) is 16.1 Å². The molecule has 3 N–H and O–H groups in total. The molecular formula is C17H17Br2NO5. The second kappa shape index (κ2) is 10.0. The summed E-state index contributed by atoms with van der Waals surface area (Å²) in [5, 5.41) is 18.2. The SMILES string of the molecule is COc1ccc(CNc2ccc(Br)c(C)c2)cc1Br.O=C(O)C(=O)O. The summed E-state index contributed by atoms with van der Waals surface area (Å²) in [4.78, 5) is 18.2. The van der Waals surface area contributed by atoms with Crippen LogP contribution in [0.25, 0.3) is 0 Å². The van der Waals surface area contributed by atoms with Crippen molar-refractivity contribution in [2.24, 2.45) is 0 Å². The van der Waals surface area contributed by atoms with Gasteiger partial charge in [0.05, 0.1) is 11.6 Å². The number of carboxylic acids is 2. The molecule has 8 heteroatoms. The number of halogens is 2. The van der Waals surface area contributed by atoms with Gasteiger partial charge in [-0.05, 0) is 64.3 Å². The highest BCUT2D eigenvalue weighted by Gasteiger charge is 2.04. The summed E-state index contributed by atoms with van der Waals surface area (Å²) < 4.78 is 7.32. The van der Waals surface area contributed by atoms with Gasteiger partial charge < -0.3 is 20.3 Å². The Bertz CT molecular complexity index is 753. The lowest BCUT2D eigenvalue weighted by Gasteiger charge is -2.10. The first-order valence-electron chi connectivity index (χ1n) is 7.03. The van der Waals surface area contributed by atoms with Gasteiger partial charge >= 0.3 is 11.9 Å². The standard InChI is InChI=1S/C15H15Br2NO.C2H2O4/c1-10-7-12(4-5-13(10)16)18-9-11-3-6-15(19-2)14(17)8-11;3-1(4)2(5)6/h3-8,18H,9H2,1-2H3;(H,3,4)(H,5,6). The number of carboxylic acid groups (broad SMARTS) is 2. The Morgan fingerprint density at radius 1 is 1.04 bits per heavy atom. The van der Waals surface area contributed by atoms with Crippen LogP contribution in [0.5, 0.6) is 5.75 Å². The minimum Gasteiger partial charge on any atom is -0.496 e. The van der Waals surface area contributed by atoms with E-state index in [1.165, 1.54) is 11.1 Å². The lowest BCUT2D eigenvalue weighted by Crippen LogP contribution is -2.09. The molecule has 0 aromatic heterocycles. The number of ether oxygens (including phenoxy) is 1. The van der Waals surface area contributed by atoms with E-state index in [0.717, 1.165) is 26.9 Å². The van der Waals surface area contributed by atoms with E-state index in [-0.39, 0.29) is 0 Å². The van der Waals surface area contributed by atoms with E-state index in [9.17, 15) is 0 Å². The van der Waals surface area contributed by atoms with Gasteiger partial charge in [0.2, 0.25) is 0 Å². The Kier molecular flexibility index (Phi) is 8.44. The molecule has 0 radical (unpaired) electrons. The molecule has 2 aromatic rings. The number of rotatable bonds is 4. The van der Waals surface area contributed by atoms with Gasteiger partial charge in [0.15, 0.2) is 0 Å². The fraction of sp³-hybridized carbons (Fsp3) is 0.176. The van der Waals surface area contributed by atoms with E-state index in [1.54, 1.807) is 7.11 Å². The maximum Gasteiger partial charge on any atom is 0.414 e. The van der Waals surface area contributed by atoms with Crippen LogP contribution in [-0.4, -0.2) is 29.3 Å². The molecule has 25 heavy (non-hydrogen) atoms. The maximum absolute atomic E-state index is 9.10. The Balaban J connectivity index is 0.000000450. The Morgan fingerprint density at radius 3 is 2.16 bits per heavy atom. The third kappa shape index (κ3) is 7.15. The number of benzene rings is 2. The summed E-state index contributed by atoms with van der Waals surface area (Å²) >= 11 is 7.00. The number of nitrogens with one attached hydrogen (secondary N) is 1. The summed E-state index contributed by atoms with van der Waals surface area (Å²) in [7, 11) is 1.67. The third-order valence-electron chi connectivity index (χ3n) is 3.05. The summed E-state index contributed by atoms with van der Waals surface area (Å²) in [6.45, 7) is 2.86. The van der Waals surface area contributed by atoms with E-state index in [1.807, 2.05) is 6.07 Å². The summed E-state index contributed by atoms with van der Waals surface area (Å²) in [6, 6.07) is 12.3. The molecule has 0 heterocycles. The number of methoxy groups -OCH3 is 1. The van der Waals surface area contributed by atoms with Crippen LogP contribution in [0.3, 0.4) is 0 Å². The van der Waals surface area contributed by atoms with Gasteiger partial charge in [0.25, 0.3) is 0 Å². The topological polar surface area (TPSA) is 95.9 Å². The summed E-state index contributed by atoms with van der Waals surface area (Å²) in [5.74, 6) is -2.80. The van der Waals surface area contributed by atoms with Crippen molar-refractivity contribution in [2.45, 2.75) is 13.5 Å². The van der Waals surface area contributed by atoms with E-state index in [4.69, 9.17) is 24.5 Å². The molecule has 2 rings (SSSR count). The molecule has 0 saturated heterocycles. The van der Waals surface area contributed by atoms with Crippen molar-refractivity contribution in [3.05, 3.63) is 56.5 Å². The van der Waals surface area contributed by atoms with Crippen LogP contribution in [0.1, 0.15) is 11.1 Å². The van der Waals surface area contributed by atoms with Gasteiger partial charge in [0, 0.05) is 16.7 Å². The van der Waals surface area contributed by atoms with E-state index < -0.39 is 11.9 Å². The molecule has 0 fully saturated rings. The molecular weight excluding hydrogens is 458 g/mol. The fourth-order valence-corrected chi connectivity index (χ4v) is 2.61. The molecule has 0 unspecified atom stereocenters. The molecule has 2 aromatic carbocycles. The Hall–Kier alpha value is -2.06. The zero-order chi connectivity index (χ0) is 19.0. The van der Waals surface area contributed by atoms with Crippen LogP contribution < -0.4 is 10.1 Å². The van der Waals surface area contributed by atoms with Gasteiger partial charge in [-0.1, -0.05) is 22.0 Å². The lowest BCUT2D eigenvalue weighted by molar-refractivity contribution is -0.159. The summed E-state index contributed by atoms with van der Waals surface area (Å²) in [6.07, 6.45) is 0. The summed E-state index contributed by atoms with van der Waals surface area (Å²) in [5.41, 5.74) is 3.54. The van der Waals surface area contributed by atoms with Crippen molar-refractivity contribution in [3.63, 3.8) is 0 Å². The van der Waals surface area contributed by atoms with Crippen LogP contribution in [0, 0.1) is 6.92 Å². The smallest absolute Gasteiger partial charge is 0.414 e. The molecule has 134 valence electrons. The number of hydrogen-bond acceptors (Lipinski definition) is 4. The van der Waals surface area contributed by atoms with Crippen LogP contribution in [0.4, 0.5) is 5.69 Å². The molecule has 0 aliphatic carbocycles.